The van der Waals surface area contributed by atoms with Gasteiger partial charge in [-0.1, -0.05) is 44.2 Å². The zero-order chi connectivity index (χ0) is 16.7. The summed E-state index contributed by atoms with van der Waals surface area (Å²) in [6.45, 7) is 9.50. The van der Waals surface area contributed by atoms with E-state index in [9.17, 15) is 4.39 Å². The van der Waals surface area contributed by atoms with Crippen molar-refractivity contribution in [3.8, 4) is 11.5 Å². The molecule has 2 rings (SSSR count). The second-order valence-corrected chi connectivity index (χ2v) is 5.43. The van der Waals surface area contributed by atoms with Gasteiger partial charge in [0.25, 0.3) is 0 Å². The highest BCUT2D eigenvalue weighted by Gasteiger charge is 2.04. The van der Waals surface area contributed by atoms with Gasteiger partial charge in [0.2, 0.25) is 0 Å². The number of nitrogens with zero attached hydrogens (tertiary/aromatic N) is 1. The average Bonchev–Trinajstić information content (AvgIpc) is 2.58. The summed E-state index contributed by atoms with van der Waals surface area (Å²) in [6.07, 6.45) is 2.24. The molecule has 0 amide bonds. The van der Waals surface area contributed by atoms with Gasteiger partial charge in [0.1, 0.15) is 5.75 Å². The summed E-state index contributed by atoms with van der Waals surface area (Å²) in [5.74, 6) is 0.524. The minimum absolute atomic E-state index is 0.244. The van der Waals surface area contributed by atoms with Crippen molar-refractivity contribution in [3.63, 3.8) is 0 Å². The third-order valence-corrected chi connectivity index (χ3v) is 3.92. The minimum atomic E-state index is -0.355. The number of allylic oxidation sites excluding steroid dienone is 1. The molecule has 2 aromatic rings. The summed E-state index contributed by atoms with van der Waals surface area (Å²) >= 11 is 0. The summed E-state index contributed by atoms with van der Waals surface area (Å²) in [4.78, 5) is 2.36. The van der Waals surface area contributed by atoms with Crippen molar-refractivity contribution >= 4 is 5.57 Å². The van der Waals surface area contributed by atoms with Crippen LogP contribution in [-0.2, 0) is 0 Å². The van der Waals surface area contributed by atoms with E-state index < -0.39 is 0 Å². The van der Waals surface area contributed by atoms with Gasteiger partial charge in [0.15, 0.2) is 11.6 Å². The predicted octanol–water partition coefficient (Wildman–Crippen LogP) is 5.36. The third-order valence-electron chi connectivity index (χ3n) is 3.92. The van der Waals surface area contributed by atoms with Gasteiger partial charge < -0.3 is 9.64 Å². The molecular weight excluding hydrogens is 289 g/mol. The number of rotatable bonds is 7. The van der Waals surface area contributed by atoms with Gasteiger partial charge >= 0.3 is 0 Å². The van der Waals surface area contributed by atoms with Crippen LogP contribution in [0.2, 0.25) is 0 Å². The minimum Gasteiger partial charge on any atom is -0.454 e. The Hall–Kier alpha value is -2.13. The molecule has 0 unspecified atom stereocenters. The highest BCUT2D eigenvalue weighted by molar-refractivity contribution is 5.64. The van der Waals surface area contributed by atoms with Crippen LogP contribution in [0.15, 0.2) is 54.6 Å². The highest BCUT2D eigenvalue weighted by Crippen LogP contribution is 2.25. The van der Waals surface area contributed by atoms with Crippen molar-refractivity contribution in [2.24, 2.45) is 0 Å². The molecule has 0 atom stereocenters. The van der Waals surface area contributed by atoms with Crippen LogP contribution < -0.4 is 4.74 Å². The lowest BCUT2D eigenvalue weighted by molar-refractivity contribution is 0.337. The molecule has 0 heterocycles. The molecule has 0 spiro atoms. The highest BCUT2D eigenvalue weighted by atomic mass is 19.1. The Morgan fingerprint density at radius 3 is 2.30 bits per heavy atom. The Bertz CT molecular complexity index is 645. The van der Waals surface area contributed by atoms with Crippen molar-refractivity contribution in [2.45, 2.75) is 20.8 Å². The van der Waals surface area contributed by atoms with Crippen molar-refractivity contribution in [3.05, 3.63) is 66.0 Å². The first-order chi connectivity index (χ1) is 11.1. The van der Waals surface area contributed by atoms with Crippen LogP contribution in [0.25, 0.3) is 5.57 Å². The Balaban J connectivity index is 2.04. The lowest BCUT2D eigenvalue weighted by atomic mass is 10.1. The maximum atomic E-state index is 13.6. The summed E-state index contributed by atoms with van der Waals surface area (Å²) < 4.78 is 19.2. The van der Waals surface area contributed by atoms with Crippen LogP contribution in [0.5, 0.6) is 11.5 Å². The fourth-order valence-electron chi connectivity index (χ4n) is 2.31. The number of ether oxygens (including phenoxy) is 1. The fraction of sp³-hybridized carbons (Fsp3) is 0.300. The van der Waals surface area contributed by atoms with Crippen LogP contribution in [-0.4, -0.2) is 24.5 Å². The number of likely N-dealkylation sites (N-methyl/N-ethyl adjacent to an activating group) is 1. The van der Waals surface area contributed by atoms with E-state index in [-0.39, 0.29) is 11.6 Å². The molecule has 2 nitrogen and oxygen atoms in total. The quantitative estimate of drug-likeness (QED) is 0.682. The molecule has 0 fully saturated rings. The van der Waals surface area contributed by atoms with E-state index in [2.05, 4.69) is 31.7 Å². The molecular formula is C20H24FNO. The van der Waals surface area contributed by atoms with Crippen molar-refractivity contribution in [2.75, 3.05) is 19.6 Å². The Kier molecular flexibility index (Phi) is 6.36. The van der Waals surface area contributed by atoms with Gasteiger partial charge in [-0.25, -0.2) is 4.39 Å². The SMILES string of the molecule is CCN(CC)CC=C(C)c1ccc(Oc2ccccc2F)cc1. The predicted molar refractivity (Wildman–Crippen MR) is 94.4 cm³/mol. The molecule has 0 saturated carbocycles. The van der Waals surface area contributed by atoms with E-state index in [0.29, 0.717) is 5.75 Å². The molecule has 0 bridgehead atoms. The van der Waals surface area contributed by atoms with Crippen molar-refractivity contribution in [1.29, 1.82) is 0 Å². The lowest BCUT2D eigenvalue weighted by Crippen LogP contribution is -2.22. The first kappa shape index (κ1) is 17.2. The molecule has 23 heavy (non-hydrogen) atoms. The second-order valence-electron chi connectivity index (χ2n) is 5.43. The monoisotopic (exact) mass is 313 g/mol. The molecule has 122 valence electrons. The van der Waals surface area contributed by atoms with E-state index in [0.717, 1.165) is 25.2 Å². The van der Waals surface area contributed by atoms with Crippen molar-refractivity contribution < 1.29 is 9.13 Å². The third kappa shape index (κ3) is 4.93. The van der Waals surface area contributed by atoms with Crippen LogP contribution in [0.3, 0.4) is 0 Å². The number of hydrogen-bond donors (Lipinski definition) is 0. The smallest absolute Gasteiger partial charge is 0.165 e. The Morgan fingerprint density at radius 1 is 1.04 bits per heavy atom. The standard InChI is InChI=1S/C20H24FNO/c1-4-22(5-2)15-14-16(3)17-10-12-18(13-11-17)23-20-9-7-6-8-19(20)21/h6-14H,4-5,15H2,1-3H3. The Labute approximate surface area is 138 Å². The molecule has 0 aliphatic carbocycles. The summed E-state index contributed by atoms with van der Waals surface area (Å²) in [5.41, 5.74) is 2.38. The molecule has 0 aromatic heterocycles. The van der Waals surface area contributed by atoms with Gasteiger partial charge in [-0.05, 0) is 55.4 Å². The zero-order valence-corrected chi connectivity index (χ0v) is 14.1. The molecule has 0 N–H and O–H groups in total. The average molecular weight is 313 g/mol. The molecule has 0 saturated heterocycles. The molecule has 2 aromatic carbocycles. The van der Waals surface area contributed by atoms with Gasteiger partial charge in [0, 0.05) is 6.54 Å². The topological polar surface area (TPSA) is 12.5 Å². The Morgan fingerprint density at radius 2 is 1.70 bits per heavy atom. The van der Waals surface area contributed by atoms with Crippen molar-refractivity contribution in [1.82, 2.24) is 4.90 Å². The second kappa shape index (κ2) is 8.49. The summed E-state index contributed by atoms with van der Waals surface area (Å²) in [5, 5.41) is 0. The van der Waals surface area contributed by atoms with Crippen LogP contribution in [0.1, 0.15) is 26.3 Å². The number of para-hydroxylation sites is 1. The van der Waals surface area contributed by atoms with E-state index in [1.165, 1.54) is 11.6 Å². The van der Waals surface area contributed by atoms with Crippen LogP contribution in [0.4, 0.5) is 4.39 Å². The fourth-order valence-corrected chi connectivity index (χ4v) is 2.31. The van der Waals surface area contributed by atoms with Gasteiger partial charge in [-0.15, -0.1) is 0 Å². The number of halogens is 1. The largest absolute Gasteiger partial charge is 0.454 e. The number of hydrogen-bond acceptors (Lipinski definition) is 2. The molecule has 0 aliphatic rings. The van der Waals surface area contributed by atoms with Gasteiger partial charge in [0.05, 0.1) is 0 Å². The van der Waals surface area contributed by atoms with E-state index in [1.807, 2.05) is 24.3 Å². The van der Waals surface area contributed by atoms with Gasteiger partial charge in [-0.3, -0.25) is 0 Å². The molecule has 0 radical (unpaired) electrons. The molecule has 0 aliphatic heterocycles. The number of benzene rings is 2. The first-order valence-corrected chi connectivity index (χ1v) is 8.06. The molecule has 3 heteroatoms. The maximum absolute atomic E-state index is 13.6. The van der Waals surface area contributed by atoms with Crippen LogP contribution >= 0.6 is 0 Å². The summed E-state index contributed by atoms with van der Waals surface area (Å²) in [6, 6.07) is 14.2. The first-order valence-electron chi connectivity index (χ1n) is 8.06. The van der Waals surface area contributed by atoms with Crippen LogP contribution in [0, 0.1) is 5.82 Å². The normalized spacial score (nSPS) is 11.8. The summed E-state index contributed by atoms with van der Waals surface area (Å²) in [7, 11) is 0. The van der Waals surface area contributed by atoms with E-state index >= 15 is 0 Å². The zero-order valence-electron chi connectivity index (χ0n) is 14.1. The maximum Gasteiger partial charge on any atom is 0.165 e. The van der Waals surface area contributed by atoms with E-state index in [1.54, 1.807) is 18.2 Å². The van der Waals surface area contributed by atoms with E-state index in [4.69, 9.17) is 4.74 Å². The van der Waals surface area contributed by atoms with Gasteiger partial charge in [-0.2, -0.15) is 0 Å². The lowest BCUT2D eigenvalue weighted by Gasteiger charge is -2.16.